The average Bonchev–Trinajstić information content (AvgIpc) is 3.20. The second kappa shape index (κ2) is 6.32. The molecule has 7 nitrogen and oxygen atoms in total. The van der Waals surface area contributed by atoms with Crippen LogP contribution in [0.15, 0.2) is 36.7 Å². The van der Waals surface area contributed by atoms with Gasteiger partial charge in [-0.15, -0.1) is 5.10 Å². The van der Waals surface area contributed by atoms with Gasteiger partial charge in [0.1, 0.15) is 6.33 Å². The van der Waals surface area contributed by atoms with Crippen LogP contribution in [0.3, 0.4) is 0 Å². The van der Waals surface area contributed by atoms with Crippen LogP contribution in [0.1, 0.15) is 24.8 Å². The highest BCUT2D eigenvalue weighted by atomic mass is 15.5. The predicted octanol–water partition coefficient (Wildman–Crippen LogP) is 1.94. The first kappa shape index (κ1) is 15.7. The van der Waals surface area contributed by atoms with Crippen LogP contribution in [0.25, 0.3) is 11.2 Å². The van der Waals surface area contributed by atoms with Crippen molar-refractivity contribution < 1.29 is 0 Å². The fraction of sp³-hybridized carbons (Fsp3) is 0.474. The monoisotopic (exact) mass is 349 g/mol. The lowest BCUT2D eigenvalue weighted by molar-refractivity contribution is 0.315. The fourth-order valence-corrected chi connectivity index (χ4v) is 4.42. The third-order valence-electron chi connectivity index (χ3n) is 5.69. The number of likely N-dealkylation sites (N-methyl/N-ethyl adjacent to an activating group) is 1. The van der Waals surface area contributed by atoms with Gasteiger partial charge in [-0.2, -0.15) is 0 Å². The lowest BCUT2D eigenvalue weighted by Gasteiger charge is -2.29. The molecule has 0 aliphatic carbocycles. The zero-order valence-corrected chi connectivity index (χ0v) is 15.0. The molecule has 2 fully saturated rings. The molecule has 4 heterocycles. The van der Waals surface area contributed by atoms with Crippen molar-refractivity contribution in [3.05, 3.63) is 42.2 Å². The van der Waals surface area contributed by atoms with Crippen LogP contribution < -0.4 is 4.90 Å². The molecule has 5 rings (SSSR count). The van der Waals surface area contributed by atoms with Crippen molar-refractivity contribution in [1.29, 1.82) is 0 Å². The molecular formula is C19H23N7. The number of aromatic nitrogens is 5. The van der Waals surface area contributed by atoms with Crippen LogP contribution in [0.5, 0.6) is 0 Å². The highest BCUT2D eigenvalue weighted by Gasteiger charge is 2.38. The van der Waals surface area contributed by atoms with Gasteiger partial charge in [0.25, 0.3) is 0 Å². The van der Waals surface area contributed by atoms with Crippen LogP contribution in [-0.2, 0) is 6.54 Å². The maximum atomic E-state index is 4.64. The smallest absolute Gasteiger partial charge is 0.184 e. The zero-order valence-electron chi connectivity index (χ0n) is 15.0. The van der Waals surface area contributed by atoms with Crippen LogP contribution in [0, 0.1) is 0 Å². The van der Waals surface area contributed by atoms with Gasteiger partial charge in [0.2, 0.25) is 0 Å². The minimum Gasteiger partial charge on any atom is -0.347 e. The van der Waals surface area contributed by atoms with Crippen molar-refractivity contribution in [2.24, 2.45) is 0 Å². The molecule has 2 aliphatic heterocycles. The zero-order chi connectivity index (χ0) is 17.5. The van der Waals surface area contributed by atoms with Crippen molar-refractivity contribution >= 4 is 17.0 Å². The van der Waals surface area contributed by atoms with Crippen molar-refractivity contribution in [2.45, 2.75) is 37.9 Å². The molecule has 0 amide bonds. The summed E-state index contributed by atoms with van der Waals surface area (Å²) in [7, 11) is 2.21. The summed E-state index contributed by atoms with van der Waals surface area (Å²) in [6, 6.07) is 11.4. The van der Waals surface area contributed by atoms with E-state index >= 15 is 0 Å². The molecule has 7 heteroatoms. The van der Waals surface area contributed by atoms with Gasteiger partial charge in [0.15, 0.2) is 17.0 Å². The quantitative estimate of drug-likeness (QED) is 0.720. The predicted molar refractivity (Wildman–Crippen MR) is 100 cm³/mol. The van der Waals surface area contributed by atoms with Gasteiger partial charge in [0, 0.05) is 18.6 Å². The second-order valence-corrected chi connectivity index (χ2v) is 7.45. The minimum atomic E-state index is 0.505. The summed E-state index contributed by atoms with van der Waals surface area (Å²) in [5.41, 5.74) is 2.83. The number of likely N-dealkylation sites (tertiary alicyclic amines) is 1. The minimum absolute atomic E-state index is 0.505. The summed E-state index contributed by atoms with van der Waals surface area (Å²) >= 11 is 0. The Morgan fingerprint density at radius 3 is 2.77 bits per heavy atom. The summed E-state index contributed by atoms with van der Waals surface area (Å²) in [5, 5.41) is 8.85. The normalized spacial score (nSPS) is 23.5. The number of benzene rings is 1. The maximum absolute atomic E-state index is 4.64. The van der Waals surface area contributed by atoms with E-state index in [0.29, 0.717) is 18.6 Å². The van der Waals surface area contributed by atoms with Crippen LogP contribution >= 0.6 is 0 Å². The van der Waals surface area contributed by atoms with Gasteiger partial charge in [-0.1, -0.05) is 35.5 Å². The summed E-state index contributed by atoms with van der Waals surface area (Å²) in [6.45, 7) is 2.90. The number of rotatable bonds is 3. The van der Waals surface area contributed by atoms with Crippen molar-refractivity contribution in [3.63, 3.8) is 0 Å². The molecule has 0 N–H and O–H groups in total. The Kier molecular flexibility index (Phi) is 3.81. The molecule has 0 radical (unpaired) electrons. The molecule has 1 aromatic carbocycles. The van der Waals surface area contributed by atoms with Crippen molar-refractivity contribution in [2.75, 3.05) is 25.0 Å². The summed E-state index contributed by atoms with van der Waals surface area (Å²) < 4.78 is 1.88. The van der Waals surface area contributed by atoms with E-state index in [0.717, 1.165) is 30.1 Å². The van der Waals surface area contributed by atoms with Crippen LogP contribution in [-0.4, -0.2) is 62.1 Å². The van der Waals surface area contributed by atoms with E-state index in [-0.39, 0.29) is 0 Å². The summed E-state index contributed by atoms with van der Waals surface area (Å²) in [4.78, 5) is 14.1. The number of fused-ring (bicyclic) bond motifs is 3. The molecule has 134 valence electrons. The Bertz CT molecular complexity index is 907. The first-order valence-corrected chi connectivity index (χ1v) is 9.34. The summed E-state index contributed by atoms with van der Waals surface area (Å²) in [6.07, 6.45) is 5.30. The molecule has 0 spiro atoms. The van der Waals surface area contributed by atoms with E-state index in [2.05, 4.69) is 49.3 Å². The largest absolute Gasteiger partial charge is 0.347 e. The van der Waals surface area contributed by atoms with E-state index < -0.39 is 0 Å². The van der Waals surface area contributed by atoms with Crippen LogP contribution in [0.4, 0.5) is 5.82 Å². The van der Waals surface area contributed by atoms with Gasteiger partial charge in [-0.3, -0.25) is 0 Å². The number of nitrogens with zero attached hydrogens (tertiary/aromatic N) is 7. The number of hydrogen-bond acceptors (Lipinski definition) is 6. The Morgan fingerprint density at radius 2 is 1.88 bits per heavy atom. The second-order valence-electron chi connectivity index (χ2n) is 7.45. The Hall–Kier alpha value is -2.54. The van der Waals surface area contributed by atoms with Crippen LogP contribution in [0.2, 0.25) is 0 Å². The van der Waals surface area contributed by atoms with E-state index in [1.54, 1.807) is 6.33 Å². The molecule has 2 bridgehead atoms. The number of hydrogen-bond donors (Lipinski definition) is 0. The summed E-state index contributed by atoms with van der Waals surface area (Å²) in [5.74, 6) is 0.956. The number of anilines is 1. The van der Waals surface area contributed by atoms with Gasteiger partial charge in [0.05, 0.1) is 6.54 Å². The van der Waals surface area contributed by atoms with Gasteiger partial charge in [-0.25, -0.2) is 14.6 Å². The van der Waals surface area contributed by atoms with Crippen molar-refractivity contribution in [1.82, 2.24) is 29.9 Å². The first-order chi connectivity index (χ1) is 12.8. The lowest BCUT2D eigenvalue weighted by atomic mass is 10.1. The lowest BCUT2D eigenvalue weighted by Crippen LogP contribution is -2.39. The third-order valence-corrected chi connectivity index (χ3v) is 5.69. The molecule has 2 aliphatic rings. The average molecular weight is 349 g/mol. The molecule has 26 heavy (non-hydrogen) atoms. The van der Waals surface area contributed by atoms with E-state index in [1.807, 2.05) is 22.9 Å². The first-order valence-electron chi connectivity index (χ1n) is 9.34. The maximum Gasteiger partial charge on any atom is 0.184 e. The molecule has 2 saturated heterocycles. The van der Waals surface area contributed by atoms with E-state index in [9.17, 15) is 0 Å². The molecule has 3 aromatic rings. The van der Waals surface area contributed by atoms with Gasteiger partial charge < -0.3 is 9.80 Å². The van der Waals surface area contributed by atoms with E-state index in [1.165, 1.54) is 24.8 Å². The Balaban J connectivity index is 1.53. The van der Waals surface area contributed by atoms with Gasteiger partial charge in [-0.05, 0) is 38.4 Å². The van der Waals surface area contributed by atoms with Crippen molar-refractivity contribution in [3.8, 4) is 0 Å². The van der Waals surface area contributed by atoms with E-state index in [4.69, 9.17) is 0 Å². The molecule has 0 saturated carbocycles. The molecular weight excluding hydrogens is 326 g/mol. The molecule has 2 atom stereocenters. The Morgan fingerprint density at radius 1 is 1.04 bits per heavy atom. The Labute approximate surface area is 152 Å². The molecule has 0 unspecified atom stereocenters. The highest BCUT2D eigenvalue weighted by Crippen LogP contribution is 2.35. The standard InChI is InChI=1S/C19H23N7/c1-24-10-9-15-7-8-16(12-24)26(15)19-17-18(20-13-21-19)25(23-22-17)11-14-5-3-2-4-6-14/h2-6,13,15-16H,7-12H2,1H3/t15-,16+/m0/s1. The fourth-order valence-electron chi connectivity index (χ4n) is 4.42. The third kappa shape index (κ3) is 2.63. The van der Waals surface area contributed by atoms with Gasteiger partial charge >= 0.3 is 0 Å². The molecule has 2 aromatic heterocycles. The topological polar surface area (TPSA) is 63.0 Å². The highest BCUT2D eigenvalue weighted by molar-refractivity contribution is 5.83. The SMILES string of the molecule is CN1CC[C@@H]2CC[C@H](C1)N2c1ncnc2c1nnn2Cc1ccccc1.